The smallest absolute Gasteiger partial charge is 0.0134 e. The van der Waals surface area contributed by atoms with Crippen LogP contribution in [0.1, 0.15) is 7.43 Å². The van der Waals surface area contributed by atoms with Crippen LogP contribution in [0.25, 0.3) is 0 Å². The fraction of sp³-hybridized carbons (Fsp3) is 0.0270. The molecule has 0 saturated carbocycles. The topological polar surface area (TPSA) is 0 Å². The Bertz CT molecular complexity index is 1170. The molecule has 192 valence electrons. The van der Waals surface area contributed by atoms with Gasteiger partial charge in [0.25, 0.3) is 0 Å². The molecule has 0 aliphatic rings. The fourth-order valence-corrected chi connectivity index (χ4v) is 8.97. The van der Waals surface area contributed by atoms with Gasteiger partial charge in [0.05, 0.1) is 0 Å². The molecule has 0 spiro atoms. The predicted molar refractivity (Wildman–Crippen MR) is 177 cm³/mol. The fourth-order valence-electron chi connectivity index (χ4n) is 4.36. The summed E-state index contributed by atoms with van der Waals surface area (Å²) in [7, 11) is -0.892. The van der Waals surface area contributed by atoms with Crippen LogP contribution in [0.2, 0.25) is 0 Å². The van der Waals surface area contributed by atoms with E-state index in [1.807, 2.05) is 0 Å². The molecule has 0 unspecified atom stereocenters. The monoisotopic (exact) mass is 540 g/mol. The Labute approximate surface area is 236 Å². The Morgan fingerprint density at radius 1 is 0.205 bits per heavy atom. The van der Waals surface area contributed by atoms with Gasteiger partial charge in [0.2, 0.25) is 0 Å². The van der Waals surface area contributed by atoms with Gasteiger partial charge < -0.3 is 0 Å². The van der Waals surface area contributed by atoms with E-state index in [4.69, 9.17) is 0 Å². The maximum Gasteiger partial charge on any atom is -0.0134 e. The number of benzene rings is 6. The molecule has 0 atom stereocenters. The molecule has 0 aliphatic heterocycles. The minimum atomic E-state index is -0.446. The van der Waals surface area contributed by atoms with Crippen LogP contribution in [0.15, 0.2) is 182 Å². The van der Waals surface area contributed by atoms with Crippen molar-refractivity contribution < 1.29 is 0 Å². The molecule has 0 heterocycles. The molecule has 0 amide bonds. The Morgan fingerprint density at radius 3 is 0.462 bits per heavy atom. The SMILES string of the molecule is C.c1ccc(P(c2ccccc2)c2ccccc2)cc1.c1ccc(P(c2ccccc2)c2ccccc2)cc1. The van der Waals surface area contributed by atoms with Crippen molar-refractivity contribution in [2.75, 3.05) is 0 Å². The van der Waals surface area contributed by atoms with Crippen LogP contribution < -0.4 is 31.8 Å². The molecule has 0 bridgehead atoms. The maximum absolute atomic E-state index is 2.23. The van der Waals surface area contributed by atoms with Gasteiger partial charge in [-0.15, -0.1) is 0 Å². The quantitative estimate of drug-likeness (QED) is 0.192. The van der Waals surface area contributed by atoms with Gasteiger partial charge in [0.15, 0.2) is 0 Å². The van der Waals surface area contributed by atoms with E-state index in [2.05, 4.69) is 182 Å². The Hall–Kier alpha value is -3.82. The van der Waals surface area contributed by atoms with Crippen LogP contribution >= 0.6 is 15.8 Å². The van der Waals surface area contributed by atoms with Crippen LogP contribution in [-0.4, -0.2) is 0 Å². The molecule has 39 heavy (non-hydrogen) atoms. The molecule has 6 aromatic carbocycles. The standard InChI is InChI=1S/2C18H15P.CH4/c2*1-4-10-16(11-5-1)19(17-12-6-2-7-13-17)18-14-8-3-9-15-18;/h2*1-15H;1H4. The van der Waals surface area contributed by atoms with E-state index in [0.29, 0.717) is 0 Å². The largest absolute Gasteiger partial charge is 0.0776 e. The average molecular weight is 541 g/mol. The zero-order chi connectivity index (χ0) is 25.8. The van der Waals surface area contributed by atoms with E-state index in [9.17, 15) is 0 Å². The summed E-state index contributed by atoms with van der Waals surface area (Å²) in [6.45, 7) is 0. The third kappa shape index (κ3) is 7.61. The van der Waals surface area contributed by atoms with E-state index < -0.39 is 15.8 Å². The highest BCUT2D eigenvalue weighted by atomic mass is 31.1. The molecular formula is C37H34P2. The van der Waals surface area contributed by atoms with Gasteiger partial charge in [0.1, 0.15) is 0 Å². The first-order valence-corrected chi connectivity index (χ1v) is 15.5. The first kappa shape index (κ1) is 28.2. The van der Waals surface area contributed by atoms with Crippen molar-refractivity contribution >= 4 is 47.7 Å². The molecule has 2 heteroatoms. The van der Waals surface area contributed by atoms with Crippen LogP contribution in [0.4, 0.5) is 0 Å². The van der Waals surface area contributed by atoms with Gasteiger partial charge in [-0.1, -0.05) is 189 Å². The van der Waals surface area contributed by atoms with Gasteiger partial charge in [-0.2, -0.15) is 0 Å². The van der Waals surface area contributed by atoms with Gasteiger partial charge in [0, 0.05) is 0 Å². The van der Waals surface area contributed by atoms with Gasteiger partial charge in [-0.25, -0.2) is 0 Å². The molecule has 0 aromatic heterocycles. The number of hydrogen-bond acceptors (Lipinski definition) is 0. The van der Waals surface area contributed by atoms with Crippen molar-refractivity contribution in [1.29, 1.82) is 0 Å². The van der Waals surface area contributed by atoms with Crippen molar-refractivity contribution in [2.45, 2.75) is 7.43 Å². The molecule has 0 N–H and O–H groups in total. The van der Waals surface area contributed by atoms with Gasteiger partial charge >= 0.3 is 0 Å². The van der Waals surface area contributed by atoms with Gasteiger partial charge in [-0.3, -0.25) is 0 Å². The third-order valence-corrected chi connectivity index (χ3v) is 11.0. The van der Waals surface area contributed by atoms with Crippen molar-refractivity contribution in [3.63, 3.8) is 0 Å². The van der Waals surface area contributed by atoms with Crippen LogP contribution in [-0.2, 0) is 0 Å². The molecule has 6 rings (SSSR count). The van der Waals surface area contributed by atoms with Crippen LogP contribution in [0.5, 0.6) is 0 Å². The molecule has 0 fully saturated rings. The summed E-state index contributed by atoms with van der Waals surface area (Å²) in [4.78, 5) is 0. The zero-order valence-corrected chi connectivity index (χ0v) is 23.0. The highest BCUT2D eigenvalue weighted by Gasteiger charge is 2.16. The van der Waals surface area contributed by atoms with E-state index in [1.165, 1.54) is 31.8 Å². The Kier molecular flexibility index (Phi) is 10.8. The summed E-state index contributed by atoms with van der Waals surface area (Å²) < 4.78 is 0. The van der Waals surface area contributed by atoms with E-state index >= 15 is 0 Å². The number of rotatable bonds is 6. The average Bonchev–Trinajstić information content (AvgIpc) is 3.01. The third-order valence-electron chi connectivity index (χ3n) is 6.09. The minimum absolute atomic E-state index is 0. The summed E-state index contributed by atoms with van der Waals surface area (Å²) in [5.74, 6) is 0. The van der Waals surface area contributed by atoms with Crippen molar-refractivity contribution in [3.05, 3.63) is 182 Å². The van der Waals surface area contributed by atoms with Crippen LogP contribution in [0, 0.1) is 0 Å². The lowest BCUT2D eigenvalue weighted by Gasteiger charge is -2.18. The second kappa shape index (κ2) is 14.9. The lowest BCUT2D eigenvalue weighted by atomic mass is 10.4. The van der Waals surface area contributed by atoms with E-state index in [1.54, 1.807) is 0 Å². The van der Waals surface area contributed by atoms with E-state index in [0.717, 1.165) is 0 Å². The van der Waals surface area contributed by atoms with Crippen molar-refractivity contribution in [3.8, 4) is 0 Å². The predicted octanol–water partition coefficient (Wildman–Crippen LogP) is 7.53. The molecule has 0 radical (unpaired) electrons. The first-order valence-electron chi connectivity index (χ1n) is 12.8. The zero-order valence-electron chi connectivity index (χ0n) is 21.2. The first-order chi connectivity index (χ1) is 18.9. The summed E-state index contributed by atoms with van der Waals surface area (Å²) in [6.07, 6.45) is 0. The van der Waals surface area contributed by atoms with E-state index in [-0.39, 0.29) is 7.43 Å². The highest BCUT2D eigenvalue weighted by molar-refractivity contribution is 7.80. The lowest BCUT2D eigenvalue weighted by Crippen LogP contribution is -2.20. The molecule has 6 aromatic rings. The molecule has 0 nitrogen and oxygen atoms in total. The molecule has 0 saturated heterocycles. The second-order valence-corrected chi connectivity index (χ2v) is 13.1. The normalized spacial score (nSPS) is 10.3. The summed E-state index contributed by atoms with van der Waals surface area (Å²) in [5, 5.41) is 8.39. The minimum Gasteiger partial charge on any atom is -0.0776 e. The summed E-state index contributed by atoms with van der Waals surface area (Å²) in [5.41, 5.74) is 0. The number of hydrogen-bond donors (Lipinski definition) is 0. The summed E-state index contributed by atoms with van der Waals surface area (Å²) in [6, 6.07) is 64.7. The highest BCUT2D eigenvalue weighted by Crippen LogP contribution is 2.33. The summed E-state index contributed by atoms with van der Waals surface area (Å²) >= 11 is 0. The second-order valence-electron chi connectivity index (χ2n) is 8.68. The maximum atomic E-state index is 2.23. The van der Waals surface area contributed by atoms with Crippen LogP contribution in [0.3, 0.4) is 0 Å². The Morgan fingerprint density at radius 2 is 0.333 bits per heavy atom. The van der Waals surface area contributed by atoms with Crippen molar-refractivity contribution in [1.82, 2.24) is 0 Å². The van der Waals surface area contributed by atoms with Crippen molar-refractivity contribution in [2.24, 2.45) is 0 Å². The van der Waals surface area contributed by atoms with Gasteiger partial charge in [-0.05, 0) is 47.7 Å². The Balaban J connectivity index is 0.000000176. The lowest BCUT2D eigenvalue weighted by molar-refractivity contribution is 1.74. The molecular weight excluding hydrogens is 506 g/mol. The molecule has 0 aliphatic carbocycles.